The van der Waals surface area contributed by atoms with Gasteiger partial charge in [-0.15, -0.1) is 0 Å². The van der Waals surface area contributed by atoms with E-state index in [1.807, 2.05) is 12.1 Å². The molecule has 11 heteroatoms. The first-order valence-electron chi connectivity index (χ1n) is 10.8. The highest BCUT2D eigenvalue weighted by Gasteiger charge is 2.54. The van der Waals surface area contributed by atoms with E-state index in [2.05, 4.69) is 4.98 Å². The van der Waals surface area contributed by atoms with Crippen molar-refractivity contribution in [3.8, 4) is 0 Å². The van der Waals surface area contributed by atoms with Crippen LogP contribution >= 0.6 is 0 Å². The second-order valence-electron chi connectivity index (χ2n) is 8.14. The minimum atomic E-state index is -3.96. The molecule has 1 aromatic heterocycles. The normalized spacial score (nSPS) is 20.7. The van der Waals surface area contributed by atoms with Gasteiger partial charge in [0.2, 0.25) is 10.0 Å². The first-order valence-corrected chi connectivity index (χ1v) is 12.2. The SMILES string of the molecule is CC(F)CCc1ccc(C2CCN(S(=O)(=O)C3(C(=O)NO)CCOCC3)CC2)nc1.CF. The lowest BCUT2D eigenvalue weighted by Gasteiger charge is -2.40. The maximum absolute atomic E-state index is 13.3. The van der Waals surface area contributed by atoms with Crippen LogP contribution in [0.4, 0.5) is 8.78 Å². The number of nitrogens with zero attached hydrogens (tertiary/aromatic N) is 2. The molecular weight excluding hydrogens is 444 g/mol. The number of hydrogen-bond acceptors (Lipinski definition) is 6. The Morgan fingerprint density at radius 3 is 2.44 bits per heavy atom. The number of rotatable bonds is 7. The number of ether oxygens (including phenoxy) is 1. The average molecular weight is 478 g/mol. The van der Waals surface area contributed by atoms with Crippen molar-refractivity contribution in [1.82, 2.24) is 14.8 Å². The minimum Gasteiger partial charge on any atom is -0.381 e. The van der Waals surface area contributed by atoms with Crippen LogP contribution in [0, 0.1) is 0 Å². The number of hydrogen-bond donors (Lipinski definition) is 2. The Kier molecular flexibility index (Phi) is 9.93. The number of sulfonamides is 1. The standard InChI is InChI=1S/C20H30FN3O5S.CH3F/c1-15(21)2-3-16-4-5-18(22-14-16)17-6-10-24(11-7-17)30(27,28)20(19(25)23-26)8-12-29-13-9-20;1-2/h4-5,14-15,17,26H,2-3,6-13H2,1H3,(H,23,25);1H3. The summed E-state index contributed by atoms with van der Waals surface area (Å²) >= 11 is 0. The predicted octanol–water partition coefficient (Wildman–Crippen LogP) is 2.52. The number of carbonyl (C=O) groups is 1. The quantitative estimate of drug-likeness (QED) is 0.462. The maximum atomic E-state index is 13.3. The summed E-state index contributed by atoms with van der Waals surface area (Å²) in [5.74, 6) is -0.768. The van der Waals surface area contributed by atoms with Gasteiger partial charge in [-0.3, -0.25) is 19.4 Å². The average Bonchev–Trinajstić information content (AvgIpc) is 2.84. The number of pyridine rings is 1. The molecule has 0 aliphatic carbocycles. The molecule has 2 aliphatic rings. The molecule has 0 spiro atoms. The van der Waals surface area contributed by atoms with E-state index in [1.54, 1.807) is 11.7 Å². The van der Waals surface area contributed by atoms with E-state index in [-0.39, 0.29) is 45.1 Å². The Hall–Kier alpha value is -1.69. The van der Waals surface area contributed by atoms with Gasteiger partial charge < -0.3 is 4.74 Å². The predicted molar refractivity (Wildman–Crippen MR) is 115 cm³/mol. The second kappa shape index (κ2) is 12.0. The highest BCUT2D eigenvalue weighted by molar-refractivity contribution is 7.91. The lowest BCUT2D eigenvalue weighted by atomic mass is 9.93. The van der Waals surface area contributed by atoms with Crippen LogP contribution in [-0.4, -0.2) is 73.2 Å². The second-order valence-corrected chi connectivity index (χ2v) is 10.4. The molecule has 1 atom stereocenters. The fourth-order valence-corrected chi connectivity index (χ4v) is 6.38. The number of nitrogens with one attached hydrogen (secondary N) is 1. The van der Waals surface area contributed by atoms with Gasteiger partial charge in [0.1, 0.15) is 0 Å². The van der Waals surface area contributed by atoms with Crippen molar-refractivity contribution in [2.24, 2.45) is 0 Å². The highest BCUT2D eigenvalue weighted by Crippen LogP contribution is 2.36. The molecule has 3 heterocycles. The van der Waals surface area contributed by atoms with Crippen LogP contribution in [0.25, 0.3) is 0 Å². The molecular formula is C21H33F2N3O5S. The van der Waals surface area contributed by atoms with E-state index in [4.69, 9.17) is 9.94 Å². The molecule has 8 nitrogen and oxygen atoms in total. The molecule has 3 rings (SSSR count). The molecule has 32 heavy (non-hydrogen) atoms. The molecule has 0 radical (unpaired) electrons. The third-order valence-electron chi connectivity index (χ3n) is 6.20. The lowest BCUT2D eigenvalue weighted by Crippen LogP contribution is -2.60. The molecule has 0 aromatic carbocycles. The molecule has 1 aromatic rings. The molecule has 182 valence electrons. The van der Waals surface area contributed by atoms with Gasteiger partial charge >= 0.3 is 0 Å². The third-order valence-corrected chi connectivity index (χ3v) is 8.83. The van der Waals surface area contributed by atoms with Crippen molar-refractivity contribution in [1.29, 1.82) is 0 Å². The van der Waals surface area contributed by atoms with Crippen LogP contribution in [-0.2, 0) is 26.0 Å². The van der Waals surface area contributed by atoms with Crippen molar-refractivity contribution in [2.75, 3.05) is 33.5 Å². The van der Waals surface area contributed by atoms with Crippen molar-refractivity contribution >= 4 is 15.9 Å². The summed E-state index contributed by atoms with van der Waals surface area (Å²) in [6, 6.07) is 3.89. The van der Waals surface area contributed by atoms with Gasteiger partial charge in [0.25, 0.3) is 5.91 Å². The fourth-order valence-electron chi connectivity index (χ4n) is 4.24. The lowest BCUT2D eigenvalue weighted by molar-refractivity contribution is -0.134. The van der Waals surface area contributed by atoms with Gasteiger partial charge in [0.15, 0.2) is 4.75 Å². The number of aryl methyl sites for hydroxylation is 1. The fraction of sp³-hybridized carbons (Fsp3) is 0.714. The zero-order valence-electron chi connectivity index (χ0n) is 18.6. The van der Waals surface area contributed by atoms with Crippen molar-refractivity contribution in [2.45, 2.75) is 62.3 Å². The summed E-state index contributed by atoms with van der Waals surface area (Å²) < 4.78 is 54.1. The third kappa shape index (κ3) is 5.81. The molecule has 2 aliphatic heterocycles. The molecule has 1 amide bonds. The van der Waals surface area contributed by atoms with E-state index in [1.165, 1.54) is 11.2 Å². The Bertz CT molecular complexity index is 822. The topological polar surface area (TPSA) is 109 Å². The number of hydroxylamine groups is 1. The van der Waals surface area contributed by atoms with Gasteiger partial charge in [-0.2, -0.15) is 0 Å². The summed E-state index contributed by atoms with van der Waals surface area (Å²) in [5.41, 5.74) is 3.43. The van der Waals surface area contributed by atoms with Crippen LogP contribution in [0.3, 0.4) is 0 Å². The van der Waals surface area contributed by atoms with E-state index in [9.17, 15) is 22.0 Å². The first kappa shape index (κ1) is 26.6. The van der Waals surface area contributed by atoms with Crippen LogP contribution in [0.1, 0.15) is 56.2 Å². The Labute approximate surface area is 188 Å². The van der Waals surface area contributed by atoms with Gasteiger partial charge in [0, 0.05) is 57.0 Å². The van der Waals surface area contributed by atoms with Crippen molar-refractivity contribution in [3.05, 3.63) is 29.6 Å². The summed E-state index contributed by atoms with van der Waals surface area (Å²) in [5, 5.41) is 9.14. The van der Waals surface area contributed by atoms with Crippen molar-refractivity contribution in [3.63, 3.8) is 0 Å². The van der Waals surface area contributed by atoms with Gasteiger partial charge in [-0.25, -0.2) is 22.6 Å². The maximum Gasteiger partial charge on any atom is 0.266 e. The summed E-state index contributed by atoms with van der Waals surface area (Å²) in [4.78, 5) is 16.8. The molecule has 1 unspecified atom stereocenters. The minimum absolute atomic E-state index is 0.0160. The highest BCUT2D eigenvalue weighted by atomic mass is 32.2. The summed E-state index contributed by atoms with van der Waals surface area (Å²) in [7, 11) is -3.46. The molecule has 2 fully saturated rings. The number of carbonyl (C=O) groups excluding carboxylic acids is 1. The van der Waals surface area contributed by atoms with E-state index in [0.717, 1.165) is 11.3 Å². The number of halogens is 2. The van der Waals surface area contributed by atoms with Gasteiger partial charge in [-0.05, 0) is 44.2 Å². The number of aromatic nitrogens is 1. The number of alkyl halides is 2. The van der Waals surface area contributed by atoms with Gasteiger partial charge in [-0.1, -0.05) is 6.07 Å². The van der Waals surface area contributed by atoms with Crippen LogP contribution < -0.4 is 5.48 Å². The van der Waals surface area contributed by atoms with E-state index >= 15 is 0 Å². The van der Waals surface area contributed by atoms with Crippen LogP contribution in [0.15, 0.2) is 18.3 Å². The Morgan fingerprint density at radius 2 is 1.94 bits per heavy atom. The van der Waals surface area contributed by atoms with E-state index < -0.39 is 26.8 Å². The molecule has 0 bridgehead atoms. The summed E-state index contributed by atoms with van der Waals surface area (Å²) in [6.45, 7) is 2.42. The van der Waals surface area contributed by atoms with Gasteiger partial charge in [0.05, 0.1) is 13.3 Å². The monoisotopic (exact) mass is 477 g/mol. The zero-order valence-corrected chi connectivity index (χ0v) is 19.4. The number of amides is 1. The Morgan fingerprint density at radius 1 is 1.31 bits per heavy atom. The van der Waals surface area contributed by atoms with Crippen LogP contribution in [0.5, 0.6) is 0 Å². The molecule has 2 saturated heterocycles. The molecule has 2 N–H and O–H groups in total. The largest absolute Gasteiger partial charge is 0.381 e. The molecule has 0 saturated carbocycles. The summed E-state index contributed by atoms with van der Waals surface area (Å²) in [6.07, 6.45) is 3.25. The Balaban J connectivity index is 0.00000176. The zero-order chi connectivity index (χ0) is 23.8. The van der Waals surface area contributed by atoms with Crippen molar-refractivity contribution < 1.29 is 31.9 Å². The van der Waals surface area contributed by atoms with E-state index in [0.29, 0.717) is 32.9 Å². The number of piperidine rings is 1. The first-order chi connectivity index (χ1) is 15.3. The van der Waals surface area contributed by atoms with Crippen LogP contribution in [0.2, 0.25) is 0 Å². The smallest absolute Gasteiger partial charge is 0.266 e.